The highest BCUT2D eigenvalue weighted by molar-refractivity contribution is 5.19. The molecule has 0 amide bonds. The van der Waals surface area contributed by atoms with Gasteiger partial charge in [0.15, 0.2) is 0 Å². The van der Waals surface area contributed by atoms with E-state index in [0.717, 1.165) is 17.7 Å². The van der Waals surface area contributed by atoms with E-state index in [1.807, 2.05) is 7.05 Å². The Hall–Kier alpha value is -1.75. The maximum Gasteiger partial charge on any atom is 0.123 e. The van der Waals surface area contributed by atoms with Crippen molar-refractivity contribution in [2.45, 2.75) is 12.5 Å². The minimum absolute atomic E-state index is 0.0872. The van der Waals surface area contributed by atoms with Crippen molar-refractivity contribution < 1.29 is 4.39 Å². The number of nitrogens with one attached hydrogen (secondary N) is 2. The first-order chi connectivity index (χ1) is 7.79. The fraction of sp³-hybridized carbons (Fsp3) is 0.273. The number of rotatable bonds is 4. The number of halogens is 1. The minimum atomic E-state index is -0.216. The molecule has 1 atom stereocenters. The van der Waals surface area contributed by atoms with Crippen LogP contribution in [0.2, 0.25) is 0 Å². The standard InChI is InChI=1S/C11H13FN4/c1-13-10(11-7-14-16-15-11)6-8-2-4-9(12)5-3-8/h2-5,7,10,13H,6H2,1H3,(H,14,15,16). The quantitative estimate of drug-likeness (QED) is 0.820. The van der Waals surface area contributed by atoms with Gasteiger partial charge in [-0.25, -0.2) is 4.39 Å². The van der Waals surface area contributed by atoms with Gasteiger partial charge in [-0.1, -0.05) is 12.1 Å². The summed E-state index contributed by atoms with van der Waals surface area (Å²) in [5.74, 6) is -0.216. The van der Waals surface area contributed by atoms with Gasteiger partial charge in [0.05, 0.1) is 17.9 Å². The zero-order valence-corrected chi connectivity index (χ0v) is 8.94. The van der Waals surface area contributed by atoms with E-state index < -0.39 is 0 Å². The first kappa shape index (κ1) is 10.8. The number of aromatic amines is 1. The lowest BCUT2D eigenvalue weighted by Gasteiger charge is -2.12. The third kappa shape index (κ3) is 2.43. The van der Waals surface area contributed by atoms with Gasteiger partial charge >= 0.3 is 0 Å². The molecule has 0 spiro atoms. The predicted octanol–water partition coefficient (Wildman–Crippen LogP) is 1.45. The average molecular weight is 220 g/mol. The SMILES string of the molecule is CNC(Cc1ccc(F)cc1)c1cn[nH]n1. The van der Waals surface area contributed by atoms with Crippen molar-refractivity contribution in [3.63, 3.8) is 0 Å². The molecule has 1 heterocycles. The summed E-state index contributed by atoms with van der Waals surface area (Å²) >= 11 is 0. The Bertz CT molecular complexity index is 424. The lowest BCUT2D eigenvalue weighted by atomic mass is 10.0. The molecule has 2 rings (SSSR count). The van der Waals surface area contributed by atoms with Crippen LogP contribution in [0, 0.1) is 5.82 Å². The monoisotopic (exact) mass is 220 g/mol. The molecule has 5 heteroatoms. The van der Waals surface area contributed by atoms with E-state index in [9.17, 15) is 4.39 Å². The predicted molar refractivity (Wildman–Crippen MR) is 58.3 cm³/mol. The molecule has 16 heavy (non-hydrogen) atoms. The molecule has 0 bridgehead atoms. The van der Waals surface area contributed by atoms with Crippen LogP contribution in [0.4, 0.5) is 4.39 Å². The van der Waals surface area contributed by atoms with Crippen LogP contribution in [0.1, 0.15) is 17.3 Å². The van der Waals surface area contributed by atoms with Crippen molar-refractivity contribution >= 4 is 0 Å². The van der Waals surface area contributed by atoms with Crippen LogP contribution in [-0.2, 0) is 6.42 Å². The molecule has 1 unspecified atom stereocenters. The summed E-state index contributed by atoms with van der Waals surface area (Å²) in [6.07, 6.45) is 2.44. The van der Waals surface area contributed by atoms with Crippen molar-refractivity contribution in [3.8, 4) is 0 Å². The van der Waals surface area contributed by atoms with E-state index >= 15 is 0 Å². The van der Waals surface area contributed by atoms with E-state index in [-0.39, 0.29) is 11.9 Å². The molecule has 84 valence electrons. The molecule has 2 N–H and O–H groups in total. The smallest absolute Gasteiger partial charge is 0.123 e. The number of aromatic nitrogens is 3. The maximum absolute atomic E-state index is 12.7. The Morgan fingerprint density at radius 2 is 2.12 bits per heavy atom. The maximum atomic E-state index is 12.7. The molecule has 0 aliphatic carbocycles. The van der Waals surface area contributed by atoms with Crippen LogP contribution in [-0.4, -0.2) is 22.5 Å². The fourth-order valence-corrected chi connectivity index (χ4v) is 1.59. The highest BCUT2D eigenvalue weighted by atomic mass is 19.1. The highest BCUT2D eigenvalue weighted by Crippen LogP contribution is 2.15. The van der Waals surface area contributed by atoms with Gasteiger partial charge in [0.25, 0.3) is 0 Å². The Labute approximate surface area is 92.9 Å². The zero-order valence-electron chi connectivity index (χ0n) is 8.94. The summed E-state index contributed by atoms with van der Waals surface area (Å²) in [6, 6.07) is 6.57. The van der Waals surface area contributed by atoms with E-state index in [4.69, 9.17) is 0 Å². The van der Waals surface area contributed by atoms with Crippen LogP contribution in [0.15, 0.2) is 30.5 Å². The largest absolute Gasteiger partial charge is 0.311 e. The molecule has 1 aromatic heterocycles. The third-order valence-electron chi connectivity index (χ3n) is 2.49. The van der Waals surface area contributed by atoms with Gasteiger partial charge in [0, 0.05) is 0 Å². The topological polar surface area (TPSA) is 53.6 Å². The van der Waals surface area contributed by atoms with Crippen molar-refractivity contribution in [1.29, 1.82) is 0 Å². The van der Waals surface area contributed by atoms with Crippen LogP contribution in [0.3, 0.4) is 0 Å². The van der Waals surface area contributed by atoms with Crippen molar-refractivity contribution in [1.82, 2.24) is 20.7 Å². The van der Waals surface area contributed by atoms with Crippen molar-refractivity contribution in [2.75, 3.05) is 7.05 Å². The van der Waals surface area contributed by atoms with Gasteiger partial charge in [-0.15, -0.1) is 0 Å². The van der Waals surface area contributed by atoms with Gasteiger partial charge in [-0.3, -0.25) is 0 Å². The molecule has 0 saturated carbocycles. The molecule has 2 aromatic rings. The second-order valence-corrected chi connectivity index (χ2v) is 3.57. The Balaban J connectivity index is 2.10. The number of hydrogen-bond acceptors (Lipinski definition) is 3. The number of likely N-dealkylation sites (N-methyl/N-ethyl adjacent to an activating group) is 1. The summed E-state index contributed by atoms with van der Waals surface area (Å²) in [7, 11) is 1.86. The minimum Gasteiger partial charge on any atom is -0.311 e. The molecular weight excluding hydrogens is 207 g/mol. The summed E-state index contributed by atoms with van der Waals surface area (Å²) in [5, 5.41) is 13.5. The first-order valence-electron chi connectivity index (χ1n) is 5.07. The lowest BCUT2D eigenvalue weighted by Crippen LogP contribution is -2.19. The summed E-state index contributed by atoms with van der Waals surface area (Å²) in [4.78, 5) is 0. The molecular formula is C11H13FN4. The van der Waals surface area contributed by atoms with Crippen molar-refractivity contribution in [3.05, 3.63) is 47.5 Å². The van der Waals surface area contributed by atoms with Crippen LogP contribution in [0.25, 0.3) is 0 Å². The summed E-state index contributed by atoms with van der Waals surface area (Å²) < 4.78 is 12.7. The normalized spacial score (nSPS) is 12.6. The second kappa shape index (κ2) is 4.85. The Morgan fingerprint density at radius 3 is 2.69 bits per heavy atom. The number of nitrogens with zero attached hydrogens (tertiary/aromatic N) is 2. The molecule has 1 aromatic carbocycles. The van der Waals surface area contributed by atoms with Gasteiger partial charge in [-0.2, -0.15) is 15.4 Å². The molecule has 0 saturated heterocycles. The Kier molecular flexibility index (Phi) is 3.26. The van der Waals surface area contributed by atoms with Gasteiger partial charge in [0.1, 0.15) is 5.82 Å². The van der Waals surface area contributed by atoms with E-state index in [1.165, 1.54) is 12.1 Å². The van der Waals surface area contributed by atoms with Gasteiger partial charge < -0.3 is 5.32 Å². The molecule has 0 radical (unpaired) electrons. The number of hydrogen-bond donors (Lipinski definition) is 2. The third-order valence-corrected chi connectivity index (χ3v) is 2.49. The van der Waals surface area contributed by atoms with E-state index in [0.29, 0.717) is 0 Å². The Morgan fingerprint density at radius 1 is 1.38 bits per heavy atom. The number of H-pyrrole nitrogens is 1. The van der Waals surface area contributed by atoms with Crippen molar-refractivity contribution in [2.24, 2.45) is 0 Å². The molecule has 0 aliphatic rings. The van der Waals surface area contributed by atoms with Gasteiger partial charge in [0.2, 0.25) is 0 Å². The van der Waals surface area contributed by atoms with E-state index in [2.05, 4.69) is 20.7 Å². The second-order valence-electron chi connectivity index (χ2n) is 3.57. The molecule has 4 nitrogen and oxygen atoms in total. The van der Waals surface area contributed by atoms with Crippen LogP contribution >= 0.6 is 0 Å². The van der Waals surface area contributed by atoms with Crippen LogP contribution in [0.5, 0.6) is 0 Å². The lowest BCUT2D eigenvalue weighted by molar-refractivity contribution is 0.572. The average Bonchev–Trinajstić information content (AvgIpc) is 2.82. The molecule has 0 aliphatic heterocycles. The van der Waals surface area contributed by atoms with Gasteiger partial charge in [-0.05, 0) is 31.2 Å². The number of benzene rings is 1. The van der Waals surface area contributed by atoms with Crippen LogP contribution < -0.4 is 5.32 Å². The summed E-state index contributed by atoms with van der Waals surface area (Å²) in [6.45, 7) is 0. The van der Waals surface area contributed by atoms with E-state index in [1.54, 1.807) is 18.3 Å². The first-order valence-corrected chi connectivity index (χ1v) is 5.07. The molecule has 0 fully saturated rings. The zero-order chi connectivity index (χ0) is 11.4. The summed E-state index contributed by atoms with van der Waals surface area (Å²) in [5.41, 5.74) is 1.91. The fourth-order valence-electron chi connectivity index (χ4n) is 1.59. The highest BCUT2D eigenvalue weighted by Gasteiger charge is 2.12.